The summed E-state index contributed by atoms with van der Waals surface area (Å²) >= 11 is 0. The number of rotatable bonds is 2. The fourth-order valence-corrected chi connectivity index (χ4v) is 2.32. The van der Waals surface area contributed by atoms with E-state index < -0.39 is 6.10 Å². The first-order valence-electron chi connectivity index (χ1n) is 6.39. The van der Waals surface area contributed by atoms with Crippen LogP contribution in [0.15, 0.2) is 0 Å². The highest BCUT2D eigenvalue weighted by molar-refractivity contribution is 5.75. The van der Waals surface area contributed by atoms with Crippen LogP contribution in [0.4, 0.5) is 0 Å². The summed E-state index contributed by atoms with van der Waals surface area (Å²) in [5, 5.41) is 3.14. The SMILES string of the molecule is O=C(OC1CCCCCC1)C1CNCCO1. The highest BCUT2D eigenvalue weighted by Crippen LogP contribution is 2.20. The Labute approximate surface area is 96.7 Å². The molecule has 1 heterocycles. The van der Waals surface area contributed by atoms with E-state index >= 15 is 0 Å². The zero-order valence-corrected chi connectivity index (χ0v) is 9.74. The minimum absolute atomic E-state index is 0.125. The molecule has 0 bridgehead atoms. The molecule has 0 aromatic carbocycles. The number of carbonyl (C=O) groups excluding carboxylic acids is 1. The van der Waals surface area contributed by atoms with Crippen LogP contribution in [-0.2, 0) is 14.3 Å². The predicted molar refractivity (Wildman–Crippen MR) is 60.2 cm³/mol. The Morgan fingerprint density at radius 1 is 1.19 bits per heavy atom. The minimum atomic E-state index is -0.392. The maximum atomic E-state index is 11.8. The Kier molecular flexibility index (Phi) is 4.60. The molecule has 1 saturated carbocycles. The number of esters is 1. The van der Waals surface area contributed by atoms with Gasteiger partial charge in [-0.25, -0.2) is 4.79 Å². The van der Waals surface area contributed by atoms with E-state index in [2.05, 4.69) is 5.32 Å². The van der Waals surface area contributed by atoms with E-state index in [1.165, 1.54) is 25.7 Å². The second-order valence-corrected chi connectivity index (χ2v) is 4.61. The molecule has 92 valence electrons. The van der Waals surface area contributed by atoms with Gasteiger partial charge in [0.25, 0.3) is 0 Å². The van der Waals surface area contributed by atoms with Crippen LogP contribution in [-0.4, -0.2) is 37.9 Å². The fourth-order valence-electron chi connectivity index (χ4n) is 2.32. The van der Waals surface area contributed by atoms with Crippen molar-refractivity contribution in [3.63, 3.8) is 0 Å². The normalized spacial score (nSPS) is 28.4. The first-order valence-corrected chi connectivity index (χ1v) is 6.39. The molecule has 0 aromatic heterocycles. The average molecular weight is 227 g/mol. The second kappa shape index (κ2) is 6.21. The summed E-state index contributed by atoms with van der Waals surface area (Å²) in [5.41, 5.74) is 0. The van der Waals surface area contributed by atoms with Gasteiger partial charge in [-0.15, -0.1) is 0 Å². The zero-order chi connectivity index (χ0) is 11.2. The summed E-state index contributed by atoms with van der Waals surface area (Å²) < 4.78 is 10.9. The van der Waals surface area contributed by atoms with Crippen LogP contribution in [0.2, 0.25) is 0 Å². The van der Waals surface area contributed by atoms with Crippen molar-refractivity contribution in [2.75, 3.05) is 19.7 Å². The molecular weight excluding hydrogens is 206 g/mol. The van der Waals surface area contributed by atoms with Gasteiger partial charge in [-0.2, -0.15) is 0 Å². The maximum absolute atomic E-state index is 11.8. The molecule has 0 aromatic rings. The lowest BCUT2D eigenvalue weighted by Crippen LogP contribution is -2.44. The Morgan fingerprint density at radius 3 is 2.56 bits per heavy atom. The first-order chi connectivity index (χ1) is 7.86. The van der Waals surface area contributed by atoms with Crippen LogP contribution in [0, 0.1) is 0 Å². The second-order valence-electron chi connectivity index (χ2n) is 4.61. The highest BCUT2D eigenvalue weighted by Gasteiger charge is 2.26. The van der Waals surface area contributed by atoms with Gasteiger partial charge in [-0.05, 0) is 25.7 Å². The number of ether oxygens (including phenoxy) is 2. The van der Waals surface area contributed by atoms with Crippen molar-refractivity contribution in [3.8, 4) is 0 Å². The summed E-state index contributed by atoms with van der Waals surface area (Å²) in [5.74, 6) is -0.181. The third kappa shape index (κ3) is 3.46. The van der Waals surface area contributed by atoms with E-state index in [1.54, 1.807) is 0 Å². The van der Waals surface area contributed by atoms with Crippen LogP contribution >= 0.6 is 0 Å². The molecule has 0 radical (unpaired) electrons. The van der Waals surface area contributed by atoms with Crippen molar-refractivity contribution >= 4 is 5.97 Å². The molecule has 1 aliphatic carbocycles. The van der Waals surface area contributed by atoms with Crippen molar-refractivity contribution in [3.05, 3.63) is 0 Å². The number of carbonyl (C=O) groups is 1. The molecule has 0 amide bonds. The molecule has 16 heavy (non-hydrogen) atoms. The fraction of sp³-hybridized carbons (Fsp3) is 0.917. The monoisotopic (exact) mass is 227 g/mol. The smallest absolute Gasteiger partial charge is 0.336 e. The first kappa shape index (κ1) is 11.9. The van der Waals surface area contributed by atoms with E-state index in [-0.39, 0.29) is 12.1 Å². The van der Waals surface area contributed by atoms with Gasteiger partial charge >= 0.3 is 5.97 Å². The molecule has 1 N–H and O–H groups in total. The van der Waals surface area contributed by atoms with Gasteiger partial charge in [0.05, 0.1) is 6.61 Å². The maximum Gasteiger partial charge on any atom is 0.336 e. The van der Waals surface area contributed by atoms with Crippen molar-refractivity contribution in [2.24, 2.45) is 0 Å². The van der Waals surface area contributed by atoms with Gasteiger partial charge in [0.1, 0.15) is 6.10 Å². The number of nitrogens with one attached hydrogen (secondary N) is 1. The summed E-state index contributed by atoms with van der Waals surface area (Å²) in [4.78, 5) is 11.8. The lowest BCUT2D eigenvalue weighted by molar-refractivity contribution is -0.164. The summed E-state index contributed by atoms with van der Waals surface area (Å²) in [6.07, 6.45) is 6.68. The minimum Gasteiger partial charge on any atom is -0.460 e. The number of hydrogen-bond acceptors (Lipinski definition) is 4. The van der Waals surface area contributed by atoms with Crippen LogP contribution < -0.4 is 5.32 Å². The molecule has 4 nitrogen and oxygen atoms in total. The van der Waals surface area contributed by atoms with E-state index in [9.17, 15) is 4.79 Å². The third-order valence-corrected chi connectivity index (χ3v) is 3.28. The Balaban J connectivity index is 1.76. The van der Waals surface area contributed by atoms with Gasteiger partial charge in [0.15, 0.2) is 6.10 Å². The Hall–Kier alpha value is -0.610. The molecular formula is C12H21NO3. The molecule has 1 saturated heterocycles. The van der Waals surface area contributed by atoms with Crippen molar-refractivity contribution in [2.45, 2.75) is 50.7 Å². The number of hydrogen-bond donors (Lipinski definition) is 1. The van der Waals surface area contributed by atoms with Crippen LogP contribution in [0.3, 0.4) is 0 Å². The lowest BCUT2D eigenvalue weighted by atomic mass is 10.1. The molecule has 1 atom stereocenters. The van der Waals surface area contributed by atoms with Crippen molar-refractivity contribution in [1.29, 1.82) is 0 Å². The highest BCUT2D eigenvalue weighted by atomic mass is 16.6. The van der Waals surface area contributed by atoms with Crippen LogP contribution in [0.1, 0.15) is 38.5 Å². The van der Waals surface area contributed by atoms with Gasteiger partial charge in [-0.3, -0.25) is 0 Å². The van der Waals surface area contributed by atoms with Crippen molar-refractivity contribution < 1.29 is 14.3 Å². The summed E-state index contributed by atoms with van der Waals surface area (Å²) in [6, 6.07) is 0. The molecule has 2 rings (SSSR count). The lowest BCUT2D eigenvalue weighted by Gasteiger charge is -2.24. The number of morpholine rings is 1. The average Bonchev–Trinajstić information content (AvgIpc) is 2.59. The predicted octanol–water partition coefficient (Wildman–Crippen LogP) is 1.24. The van der Waals surface area contributed by atoms with E-state index in [1.807, 2.05) is 0 Å². The van der Waals surface area contributed by atoms with E-state index in [4.69, 9.17) is 9.47 Å². The summed E-state index contributed by atoms with van der Waals surface area (Å²) in [7, 11) is 0. The molecule has 2 fully saturated rings. The van der Waals surface area contributed by atoms with Gasteiger partial charge < -0.3 is 14.8 Å². The largest absolute Gasteiger partial charge is 0.460 e. The Bertz CT molecular complexity index is 218. The van der Waals surface area contributed by atoms with E-state index in [0.29, 0.717) is 13.2 Å². The molecule has 2 aliphatic rings. The summed E-state index contributed by atoms with van der Waals surface area (Å²) in [6.45, 7) is 2.02. The standard InChI is InChI=1S/C12H21NO3/c14-12(11-9-13-7-8-15-11)16-10-5-3-1-2-4-6-10/h10-11,13H,1-9H2. The quantitative estimate of drug-likeness (QED) is 0.569. The molecule has 1 aliphatic heterocycles. The zero-order valence-electron chi connectivity index (χ0n) is 9.74. The van der Waals surface area contributed by atoms with Crippen molar-refractivity contribution in [1.82, 2.24) is 5.32 Å². The van der Waals surface area contributed by atoms with E-state index in [0.717, 1.165) is 19.4 Å². The molecule has 0 spiro atoms. The topological polar surface area (TPSA) is 47.6 Å². The van der Waals surface area contributed by atoms with Crippen LogP contribution in [0.5, 0.6) is 0 Å². The molecule has 4 heteroatoms. The third-order valence-electron chi connectivity index (χ3n) is 3.28. The van der Waals surface area contributed by atoms with Gasteiger partial charge in [0.2, 0.25) is 0 Å². The van der Waals surface area contributed by atoms with Gasteiger partial charge in [-0.1, -0.05) is 12.8 Å². The Morgan fingerprint density at radius 2 is 1.94 bits per heavy atom. The molecule has 1 unspecified atom stereocenters. The van der Waals surface area contributed by atoms with Gasteiger partial charge in [0, 0.05) is 13.1 Å². The van der Waals surface area contributed by atoms with Crippen LogP contribution in [0.25, 0.3) is 0 Å².